The molecule has 0 fully saturated rings. The molecule has 0 aromatic rings. The van der Waals surface area contributed by atoms with Crippen molar-refractivity contribution in [1.29, 1.82) is 0 Å². The Balaban J connectivity index is 0. The average Bonchev–Trinajstić information content (AvgIpc) is 2.62. The smallest absolute Gasteiger partial charge is 0.748 e. The topological polar surface area (TPSA) is 77.5 Å². The molecule has 0 aromatic heterocycles. The normalized spacial score (nSPS) is 15.0. The number of rotatable bonds is 11. The largest absolute Gasteiger partial charge is 1.00 e. The monoisotopic (exact) mass is 585 g/mol. The summed E-state index contributed by atoms with van der Waals surface area (Å²) < 4.78 is 228. The summed E-state index contributed by atoms with van der Waals surface area (Å²) in [6, 6.07) is 0. The fraction of sp³-hybridized carbons (Fsp3) is 0.923. The molecule has 0 aliphatic rings. The van der Waals surface area contributed by atoms with E-state index in [4.69, 9.17) is 0 Å². The van der Waals surface area contributed by atoms with Gasteiger partial charge in [-0.05, 0) is 13.3 Å². The summed E-state index contributed by atoms with van der Waals surface area (Å²) in [5.41, 5.74) is 0. The number of amides is 1. The number of alkyl halides is 15. The first-order valence-corrected chi connectivity index (χ1v) is 9.72. The number of nitrogens with zero attached hydrogens (tertiary/aromatic N) is 1. The van der Waals surface area contributed by atoms with Crippen LogP contribution in [0, 0.1) is 0 Å². The Labute approximate surface area is 208 Å². The van der Waals surface area contributed by atoms with Gasteiger partial charge in [0.1, 0.15) is 0 Å². The van der Waals surface area contributed by atoms with Crippen LogP contribution in [0.3, 0.4) is 0 Å². The van der Waals surface area contributed by atoms with Crippen LogP contribution < -0.4 is 29.6 Å². The quantitative estimate of drug-likeness (QED) is 0.207. The van der Waals surface area contributed by atoms with Crippen molar-refractivity contribution in [2.45, 2.75) is 55.1 Å². The van der Waals surface area contributed by atoms with E-state index in [1.54, 1.807) is 0 Å². The van der Waals surface area contributed by atoms with Crippen LogP contribution in [0.5, 0.6) is 0 Å². The van der Waals surface area contributed by atoms with Gasteiger partial charge in [-0.2, -0.15) is 65.9 Å². The maximum atomic E-state index is 13.8. The molecule has 0 aromatic carbocycles. The second-order valence-electron chi connectivity index (χ2n) is 6.44. The van der Waals surface area contributed by atoms with E-state index < -0.39 is 87.9 Å². The second-order valence-corrected chi connectivity index (χ2v) is 7.97. The van der Waals surface area contributed by atoms with Crippen LogP contribution in [0.25, 0.3) is 0 Å². The predicted molar refractivity (Wildman–Crippen MR) is 77.2 cm³/mol. The maximum Gasteiger partial charge on any atom is 1.00 e. The first kappa shape index (κ1) is 36.5. The molecule has 0 N–H and O–H groups in total. The fourth-order valence-electron chi connectivity index (χ4n) is 2.14. The van der Waals surface area contributed by atoms with E-state index in [1.165, 1.54) is 0 Å². The molecule has 0 unspecified atom stereocenters. The molecule has 204 valence electrons. The van der Waals surface area contributed by atoms with Crippen molar-refractivity contribution in [2.75, 3.05) is 18.8 Å². The Kier molecular flexibility index (Phi) is 11.0. The standard InChI is InChI=1S/C13H12F15NO4S.Na/c1-2-29(4-3-5-34(31,32)33)6(30)7(14,15)8(16,17)9(18,19)10(20,21)11(22,23)12(24,25)13(26,27)28;/h2-5H2,1H3,(H,31,32,33);/q;+1/p-1. The number of carbonyl (C=O) groups excluding carboxylic acids is 1. The molecule has 0 atom stereocenters. The van der Waals surface area contributed by atoms with E-state index in [-0.39, 0.29) is 29.6 Å². The van der Waals surface area contributed by atoms with E-state index in [9.17, 15) is 83.6 Å². The molecule has 22 heteroatoms. The summed E-state index contributed by atoms with van der Waals surface area (Å²) in [4.78, 5) is 10.9. The van der Waals surface area contributed by atoms with E-state index in [0.29, 0.717) is 6.92 Å². The van der Waals surface area contributed by atoms with E-state index in [0.717, 1.165) is 0 Å². The molecule has 5 nitrogen and oxygen atoms in total. The molecular weight excluding hydrogens is 574 g/mol. The zero-order valence-electron chi connectivity index (χ0n) is 17.0. The zero-order chi connectivity index (χ0) is 28.0. The van der Waals surface area contributed by atoms with Crippen molar-refractivity contribution in [3.8, 4) is 0 Å². The molecule has 35 heavy (non-hydrogen) atoms. The van der Waals surface area contributed by atoms with Crippen molar-refractivity contribution in [2.24, 2.45) is 0 Å². The first-order valence-electron chi connectivity index (χ1n) is 8.14. The van der Waals surface area contributed by atoms with Crippen LogP contribution in [0.2, 0.25) is 0 Å². The van der Waals surface area contributed by atoms with Crippen LogP contribution in [-0.4, -0.2) is 84.3 Å². The number of halogens is 15. The fourth-order valence-corrected chi connectivity index (χ4v) is 2.62. The summed E-state index contributed by atoms with van der Waals surface area (Å²) in [5.74, 6) is -53.6. The maximum absolute atomic E-state index is 13.8. The molecule has 0 rings (SSSR count). The van der Waals surface area contributed by atoms with Gasteiger partial charge in [-0.1, -0.05) is 0 Å². The van der Waals surface area contributed by atoms with Gasteiger partial charge in [-0.25, -0.2) is 8.42 Å². The minimum absolute atomic E-state index is 0. The van der Waals surface area contributed by atoms with Crippen LogP contribution in [0.1, 0.15) is 13.3 Å². The van der Waals surface area contributed by atoms with Crippen molar-refractivity contribution in [3.05, 3.63) is 0 Å². The van der Waals surface area contributed by atoms with Gasteiger partial charge in [0.05, 0.1) is 10.1 Å². The van der Waals surface area contributed by atoms with Gasteiger partial charge in [0.2, 0.25) is 0 Å². The number of hydrogen-bond donors (Lipinski definition) is 0. The average molecular weight is 585 g/mol. The second kappa shape index (κ2) is 10.6. The third-order valence-corrected chi connectivity index (χ3v) is 4.88. The SMILES string of the molecule is CCN(CCCS(=O)(=O)[O-])C(=O)C(F)(F)C(F)(F)C(F)(F)C(F)(F)C(F)(F)C(F)(F)C(F)(F)F.[Na+]. The summed E-state index contributed by atoms with van der Waals surface area (Å²) in [7, 11) is -5.09. The van der Waals surface area contributed by atoms with E-state index in [2.05, 4.69) is 0 Å². The van der Waals surface area contributed by atoms with Gasteiger partial charge in [0.25, 0.3) is 5.91 Å². The first-order chi connectivity index (χ1) is 14.6. The molecule has 0 spiro atoms. The van der Waals surface area contributed by atoms with Crippen molar-refractivity contribution in [3.63, 3.8) is 0 Å². The summed E-state index contributed by atoms with van der Waals surface area (Å²) in [6.07, 6.45) is -8.85. The summed E-state index contributed by atoms with van der Waals surface area (Å²) in [6.45, 7) is -1.94. The van der Waals surface area contributed by atoms with E-state index >= 15 is 0 Å². The van der Waals surface area contributed by atoms with Gasteiger partial charge in [-0.15, -0.1) is 0 Å². The number of hydrogen-bond acceptors (Lipinski definition) is 4. The minimum Gasteiger partial charge on any atom is -0.748 e. The molecule has 0 aliphatic carbocycles. The third kappa shape index (κ3) is 6.25. The molecule has 1 amide bonds. The van der Waals surface area contributed by atoms with Crippen LogP contribution >= 0.6 is 0 Å². The Morgan fingerprint density at radius 3 is 1.37 bits per heavy atom. The Morgan fingerprint density at radius 2 is 1.06 bits per heavy atom. The Bertz CT molecular complexity index is 859. The molecule has 0 heterocycles. The summed E-state index contributed by atoms with van der Waals surface area (Å²) in [5, 5.41) is 0. The Morgan fingerprint density at radius 1 is 0.714 bits per heavy atom. The van der Waals surface area contributed by atoms with Gasteiger partial charge in [0, 0.05) is 18.8 Å². The molecule has 0 saturated carbocycles. The number of carbonyl (C=O) groups is 1. The molecule has 0 radical (unpaired) electrons. The van der Waals surface area contributed by atoms with Crippen LogP contribution in [-0.2, 0) is 14.9 Å². The molecule has 0 bridgehead atoms. The van der Waals surface area contributed by atoms with Crippen molar-refractivity contribution in [1.82, 2.24) is 4.90 Å². The van der Waals surface area contributed by atoms with Gasteiger partial charge in [-0.3, -0.25) is 4.79 Å². The molecule has 0 saturated heterocycles. The third-order valence-electron chi connectivity index (χ3n) is 4.09. The Hall–Kier alpha value is -0.670. The van der Waals surface area contributed by atoms with Gasteiger partial charge < -0.3 is 9.45 Å². The zero-order valence-corrected chi connectivity index (χ0v) is 19.8. The van der Waals surface area contributed by atoms with E-state index in [1.807, 2.05) is 0 Å². The van der Waals surface area contributed by atoms with Crippen LogP contribution in [0.4, 0.5) is 65.9 Å². The minimum atomic E-state index is -8.53. The predicted octanol–water partition coefficient (Wildman–Crippen LogP) is 1.15. The molecular formula is C13H11F15NNaO4S. The van der Waals surface area contributed by atoms with Gasteiger partial charge >= 0.3 is 71.3 Å². The summed E-state index contributed by atoms with van der Waals surface area (Å²) >= 11 is 0. The molecule has 0 aliphatic heterocycles. The van der Waals surface area contributed by atoms with Crippen molar-refractivity contribution < 1.29 is 113 Å². The van der Waals surface area contributed by atoms with Crippen LogP contribution in [0.15, 0.2) is 0 Å². The van der Waals surface area contributed by atoms with Crippen molar-refractivity contribution >= 4 is 16.0 Å². The van der Waals surface area contributed by atoms with Gasteiger partial charge in [0.15, 0.2) is 0 Å².